The number of nitrogens with one attached hydrogen (secondary N) is 1. The molecule has 1 heterocycles. The highest BCUT2D eigenvalue weighted by atomic mass is 79.9. The summed E-state index contributed by atoms with van der Waals surface area (Å²) in [6.45, 7) is 6.45. The third-order valence-corrected chi connectivity index (χ3v) is 3.45. The predicted octanol–water partition coefficient (Wildman–Crippen LogP) is 3.84. The van der Waals surface area contributed by atoms with Crippen LogP contribution in [0.1, 0.15) is 23.6 Å². The van der Waals surface area contributed by atoms with Gasteiger partial charge in [0.05, 0.1) is 0 Å². The maximum Gasteiger partial charge on any atom is 0.127 e. The molecule has 0 saturated heterocycles. The second kappa shape index (κ2) is 7.41. The van der Waals surface area contributed by atoms with Crippen LogP contribution in [-0.2, 0) is 13.2 Å². The van der Waals surface area contributed by atoms with Crippen molar-refractivity contribution >= 4 is 15.9 Å². The SMILES string of the molecule is CCNCc1cc(Br)cc(C)c1OCc1cccnc1. The van der Waals surface area contributed by atoms with E-state index < -0.39 is 0 Å². The van der Waals surface area contributed by atoms with Crippen LogP contribution in [0.25, 0.3) is 0 Å². The van der Waals surface area contributed by atoms with E-state index in [0.29, 0.717) is 6.61 Å². The highest BCUT2D eigenvalue weighted by Gasteiger charge is 2.09. The highest BCUT2D eigenvalue weighted by Crippen LogP contribution is 2.28. The number of hydrogen-bond donors (Lipinski definition) is 1. The molecular weight excluding hydrogens is 316 g/mol. The van der Waals surface area contributed by atoms with Crippen molar-refractivity contribution in [1.29, 1.82) is 0 Å². The number of nitrogens with zero attached hydrogens (tertiary/aromatic N) is 1. The van der Waals surface area contributed by atoms with E-state index in [1.54, 1.807) is 6.20 Å². The van der Waals surface area contributed by atoms with E-state index in [1.165, 1.54) is 5.56 Å². The number of aryl methyl sites for hydroxylation is 1. The molecule has 0 aliphatic heterocycles. The van der Waals surface area contributed by atoms with Crippen molar-refractivity contribution < 1.29 is 4.74 Å². The smallest absolute Gasteiger partial charge is 0.127 e. The van der Waals surface area contributed by atoms with Crippen LogP contribution in [-0.4, -0.2) is 11.5 Å². The summed E-state index contributed by atoms with van der Waals surface area (Å²) in [6, 6.07) is 8.13. The van der Waals surface area contributed by atoms with Crippen molar-refractivity contribution in [3.8, 4) is 5.75 Å². The van der Waals surface area contributed by atoms with Gasteiger partial charge >= 0.3 is 0 Å². The molecule has 0 unspecified atom stereocenters. The summed E-state index contributed by atoms with van der Waals surface area (Å²) in [6.07, 6.45) is 3.60. The highest BCUT2D eigenvalue weighted by molar-refractivity contribution is 9.10. The van der Waals surface area contributed by atoms with Crippen LogP contribution < -0.4 is 10.1 Å². The molecule has 0 bridgehead atoms. The Morgan fingerprint density at radius 3 is 2.90 bits per heavy atom. The van der Waals surface area contributed by atoms with Gasteiger partial charge in [0.25, 0.3) is 0 Å². The maximum atomic E-state index is 6.01. The van der Waals surface area contributed by atoms with E-state index in [4.69, 9.17) is 4.74 Å². The second-order valence-electron chi connectivity index (χ2n) is 4.64. The van der Waals surface area contributed by atoms with E-state index in [1.807, 2.05) is 18.3 Å². The fourth-order valence-electron chi connectivity index (χ4n) is 2.04. The van der Waals surface area contributed by atoms with Crippen molar-refractivity contribution in [3.05, 3.63) is 57.8 Å². The number of ether oxygens (including phenoxy) is 1. The number of pyridine rings is 1. The molecule has 106 valence electrons. The van der Waals surface area contributed by atoms with Crippen molar-refractivity contribution in [1.82, 2.24) is 10.3 Å². The molecule has 0 saturated carbocycles. The molecule has 1 aromatic heterocycles. The summed E-state index contributed by atoms with van der Waals surface area (Å²) in [4.78, 5) is 4.11. The average Bonchev–Trinajstić information content (AvgIpc) is 2.45. The number of aromatic nitrogens is 1. The lowest BCUT2D eigenvalue weighted by atomic mass is 10.1. The van der Waals surface area contributed by atoms with Gasteiger partial charge in [-0.3, -0.25) is 4.98 Å². The molecule has 1 aromatic carbocycles. The van der Waals surface area contributed by atoms with E-state index in [0.717, 1.165) is 34.4 Å². The molecule has 20 heavy (non-hydrogen) atoms. The molecule has 1 N–H and O–H groups in total. The van der Waals surface area contributed by atoms with E-state index in [2.05, 4.69) is 52.2 Å². The lowest BCUT2D eigenvalue weighted by Gasteiger charge is -2.15. The van der Waals surface area contributed by atoms with Crippen LogP contribution in [0.2, 0.25) is 0 Å². The minimum atomic E-state index is 0.537. The molecule has 0 atom stereocenters. The van der Waals surface area contributed by atoms with Crippen molar-refractivity contribution in [2.24, 2.45) is 0 Å². The molecule has 0 amide bonds. The zero-order chi connectivity index (χ0) is 14.4. The molecule has 2 aromatic rings. The number of halogens is 1. The first-order chi connectivity index (χ1) is 9.70. The molecule has 0 fully saturated rings. The first-order valence-electron chi connectivity index (χ1n) is 6.72. The minimum absolute atomic E-state index is 0.537. The quantitative estimate of drug-likeness (QED) is 0.871. The largest absolute Gasteiger partial charge is 0.488 e. The summed E-state index contributed by atoms with van der Waals surface area (Å²) < 4.78 is 7.09. The van der Waals surface area contributed by atoms with Gasteiger partial charge in [0.15, 0.2) is 0 Å². The van der Waals surface area contributed by atoms with Gasteiger partial charge in [-0.25, -0.2) is 0 Å². The first kappa shape index (κ1) is 15.0. The Bertz CT molecular complexity index is 558. The van der Waals surface area contributed by atoms with Crippen LogP contribution in [0.5, 0.6) is 5.75 Å². The van der Waals surface area contributed by atoms with Crippen LogP contribution in [0.3, 0.4) is 0 Å². The Morgan fingerprint density at radius 2 is 2.20 bits per heavy atom. The van der Waals surface area contributed by atoms with Crippen LogP contribution in [0.4, 0.5) is 0 Å². The van der Waals surface area contributed by atoms with Gasteiger partial charge in [0, 0.05) is 34.5 Å². The zero-order valence-electron chi connectivity index (χ0n) is 11.8. The van der Waals surface area contributed by atoms with Gasteiger partial charge in [0.1, 0.15) is 12.4 Å². The Morgan fingerprint density at radius 1 is 1.35 bits per heavy atom. The summed E-state index contributed by atoms with van der Waals surface area (Å²) in [5.41, 5.74) is 3.38. The summed E-state index contributed by atoms with van der Waals surface area (Å²) >= 11 is 3.54. The minimum Gasteiger partial charge on any atom is -0.488 e. The lowest BCUT2D eigenvalue weighted by molar-refractivity contribution is 0.299. The number of hydrogen-bond acceptors (Lipinski definition) is 3. The molecule has 3 nitrogen and oxygen atoms in total. The molecule has 0 aliphatic rings. The Kier molecular flexibility index (Phi) is 5.56. The van der Waals surface area contributed by atoms with Gasteiger partial charge in [-0.2, -0.15) is 0 Å². The van der Waals surface area contributed by atoms with Gasteiger partial charge < -0.3 is 10.1 Å². The number of benzene rings is 1. The molecule has 2 rings (SSSR count). The van der Waals surface area contributed by atoms with Crippen LogP contribution in [0, 0.1) is 6.92 Å². The average molecular weight is 335 g/mol. The second-order valence-corrected chi connectivity index (χ2v) is 5.56. The van der Waals surface area contributed by atoms with Gasteiger partial charge in [-0.05, 0) is 37.2 Å². The Hall–Kier alpha value is -1.39. The topological polar surface area (TPSA) is 34.1 Å². The Balaban J connectivity index is 2.16. The lowest BCUT2D eigenvalue weighted by Crippen LogP contribution is -2.13. The fourth-order valence-corrected chi connectivity index (χ4v) is 2.66. The summed E-state index contributed by atoms with van der Waals surface area (Å²) in [7, 11) is 0. The zero-order valence-corrected chi connectivity index (χ0v) is 13.4. The first-order valence-corrected chi connectivity index (χ1v) is 7.51. The van der Waals surface area contributed by atoms with E-state index >= 15 is 0 Å². The third-order valence-electron chi connectivity index (χ3n) is 2.99. The summed E-state index contributed by atoms with van der Waals surface area (Å²) in [5.74, 6) is 0.956. The number of rotatable bonds is 6. The van der Waals surface area contributed by atoms with Crippen LogP contribution >= 0.6 is 15.9 Å². The molecule has 0 radical (unpaired) electrons. The molecular formula is C16H19BrN2O. The van der Waals surface area contributed by atoms with Gasteiger partial charge in [0.2, 0.25) is 0 Å². The van der Waals surface area contributed by atoms with Crippen molar-refractivity contribution in [2.45, 2.75) is 27.0 Å². The molecule has 0 aliphatic carbocycles. The predicted molar refractivity (Wildman–Crippen MR) is 84.8 cm³/mol. The van der Waals surface area contributed by atoms with Crippen molar-refractivity contribution in [2.75, 3.05) is 6.54 Å². The van der Waals surface area contributed by atoms with Crippen LogP contribution in [0.15, 0.2) is 41.1 Å². The van der Waals surface area contributed by atoms with E-state index in [-0.39, 0.29) is 0 Å². The normalized spacial score (nSPS) is 10.6. The third kappa shape index (κ3) is 4.05. The van der Waals surface area contributed by atoms with Crippen molar-refractivity contribution in [3.63, 3.8) is 0 Å². The fraction of sp³-hybridized carbons (Fsp3) is 0.312. The summed E-state index contributed by atoms with van der Waals surface area (Å²) in [5, 5.41) is 3.34. The maximum absolute atomic E-state index is 6.01. The van der Waals surface area contributed by atoms with Gasteiger partial charge in [-0.1, -0.05) is 28.9 Å². The molecule has 0 spiro atoms. The standard InChI is InChI=1S/C16H19BrN2O/c1-3-18-10-14-8-15(17)7-12(2)16(14)20-11-13-5-4-6-19-9-13/h4-9,18H,3,10-11H2,1-2H3. The molecule has 4 heteroatoms. The monoisotopic (exact) mass is 334 g/mol. The van der Waals surface area contributed by atoms with Gasteiger partial charge in [-0.15, -0.1) is 0 Å². The Labute approximate surface area is 128 Å². The van der Waals surface area contributed by atoms with E-state index in [9.17, 15) is 0 Å².